The Morgan fingerprint density at radius 2 is 1.96 bits per heavy atom. The van der Waals surface area contributed by atoms with Crippen molar-refractivity contribution in [1.82, 2.24) is 0 Å². The highest BCUT2D eigenvalue weighted by molar-refractivity contribution is 5.48. The molecule has 0 saturated heterocycles. The van der Waals surface area contributed by atoms with Crippen molar-refractivity contribution < 1.29 is 0 Å². The van der Waals surface area contributed by atoms with E-state index in [1.165, 1.54) is 44.9 Å². The number of benzene rings is 1. The molecule has 0 heteroatoms. The van der Waals surface area contributed by atoms with Crippen LogP contribution in [0.15, 0.2) is 65.3 Å². The highest BCUT2D eigenvalue weighted by atomic mass is 14.5. The maximum Gasteiger partial charge on any atom is 0.00626 e. The Kier molecular flexibility index (Phi) is 3.37. The zero-order valence-corrected chi connectivity index (χ0v) is 14.8. The minimum absolute atomic E-state index is 0.477. The summed E-state index contributed by atoms with van der Waals surface area (Å²) in [6.07, 6.45) is 16.9. The van der Waals surface area contributed by atoms with Gasteiger partial charge in [0.1, 0.15) is 0 Å². The van der Waals surface area contributed by atoms with Gasteiger partial charge < -0.3 is 0 Å². The minimum Gasteiger partial charge on any atom is -0.0877 e. The number of fused-ring (bicyclic) bond motifs is 4. The summed E-state index contributed by atoms with van der Waals surface area (Å²) >= 11 is 0. The van der Waals surface area contributed by atoms with Crippen molar-refractivity contribution in [3.8, 4) is 0 Å². The molecule has 4 atom stereocenters. The Balaban J connectivity index is 1.69. The quantitative estimate of drug-likeness (QED) is 0.514. The molecule has 4 aliphatic rings. The van der Waals surface area contributed by atoms with Gasteiger partial charge in [-0.3, -0.25) is 0 Å². The van der Waals surface area contributed by atoms with Crippen LogP contribution in [0.25, 0.3) is 0 Å². The summed E-state index contributed by atoms with van der Waals surface area (Å²) in [5, 5.41) is 0. The molecule has 24 heavy (non-hydrogen) atoms. The normalized spacial score (nSPS) is 37.5. The second-order valence-electron chi connectivity index (χ2n) is 8.68. The van der Waals surface area contributed by atoms with Crippen molar-refractivity contribution in [2.24, 2.45) is 17.3 Å². The van der Waals surface area contributed by atoms with E-state index in [0.717, 1.165) is 11.8 Å². The fourth-order valence-corrected chi connectivity index (χ4v) is 6.20. The molecule has 5 rings (SSSR count). The molecule has 0 bridgehead atoms. The first-order valence-corrected chi connectivity index (χ1v) is 9.90. The molecular weight excluding hydrogens is 288 g/mol. The molecule has 0 unspecified atom stereocenters. The van der Waals surface area contributed by atoms with E-state index in [2.05, 4.69) is 55.5 Å². The lowest BCUT2D eigenvalue weighted by Gasteiger charge is -2.51. The molecule has 1 aromatic carbocycles. The van der Waals surface area contributed by atoms with E-state index >= 15 is 0 Å². The van der Waals surface area contributed by atoms with Gasteiger partial charge in [0.05, 0.1) is 0 Å². The number of rotatable bonds is 1. The predicted molar refractivity (Wildman–Crippen MR) is 101 cm³/mol. The van der Waals surface area contributed by atoms with Crippen molar-refractivity contribution in [2.75, 3.05) is 0 Å². The van der Waals surface area contributed by atoms with Gasteiger partial charge in [-0.25, -0.2) is 0 Å². The van der Waals surface area contributed by atoms with Crippen LogP contribution >= 0.6 is 0 Å². The summed E-state index contributed by atoms with van der Waals surface area (Å²) in [7, 11) is 0. The van der Waals surface area contributed by atoms with E-state index in [0.29, 0.717) is 11.3 Å². The van der Waals surface area contributed by atoms with Crippen LogP contribution in [-0.4, -0.2) is 0 Å². The van der Waals surface area contributed by atoms with Gasteiger partial charge in [-0.05, 0) is 78.9 Å². The zero-order chi connectivity index (χ0) is 16.1. The lowest BCUT2D eigenvalue weighted by Crippen LogP contribution is -2.40. The first-order chi connectivity index (χ1) is 11.8. The van der Waals surface area contributed by atoms with Gasteiger partial charge in [0, 0.05) is 5.92 Å². The van der Waals surface area contributed by atoms with Gasteiger partial charge in [-0.1, -0.05) is 61.1 Å². The van der Waals surface area contributed by atoms with Crippen molar-refractivity contribution in [3.63, 3.8) is 0 Å². The van der Waals surface area contributed by atoms with Crippen molar-refractivity contribution in [3.05, 3.63) is 70.8 Å². The molecular formula is C24H28. The van der Waals surface area contributed by atoms with Crippen LogP contribution in [0.3, 0.4) is 0 Å². The van der Waals surface area contributed by atoms with Crippen LogP contribution in [-0.2, 0) is 0 Å². The third kappa shape index (κ3) is 2.11. The maximum atomic E-state index is 2.57. The fraction of sp³-hybridized carbons (Fsp3) is 0.500. The average Bonchev–Trinajstić information content (AvgIpc) is 3.03. The lowest BCUT2D eigenvalue weighted by atomic mass is 9.53. The Morgan fingerprint density at radius 1 is 1.08 bits per heavy atom. The van der Waals surface area contributed by atoms with Crippen LogP contribution in [0.2, 0.25) is 0 Å². The highest BCUT2D eigenvalue weighted by Gasteiger charge is 2.50. The largest absolute Gasteiger partial charge is 0.0877 e. The third-order valence-electron chi connectivity index (χ3n) is 7.30. The molecule has 4 aliphatic carbocycles. The van der Waals surface area contributed by atoms with E-state index in [4.69, 9.17) is 0 Å². The van der Waals surface area contributed by atoms with Gasteiger partial charge in [0.25, 0.3) is 0 Å². The Labute approximate surface area is 146 Å². The summed E-state index contributed by atoms with van der Waals surface area (Å²) in [6.45, 7) is 2.56. The first kappa shape index (κ1) is 14.8. The molecule has 0 amide bonds. The monoisotopic (exact) mass is 316 g/mol. The van der Waals surface area contributed by atoms with Crippen molar-refractivity contribution in [2.45, 2.75) is 57.8 Å². The summed E-state index contributed by atoms with van der Waals surface area (Å²) in [4.78, 5) is 0. The number of hydrogen-bond donors (Lipinski definition) is 0. The minimum atomic E-state index is 0.477. The zero-order valence-electron chi connectivity index (χ0n) is 14.8. The Bertz CT molecular complexity index is 733. The van der Waals surface area contributed by atoms with Gasteiger partial charge in [-0.2, -0.15) is 0 Å². The molecule has 0 aliphatic heterocycles. The average molecular weight is 316 g/mol. The van der Waals surface area contributed by atoms with Gasteiger partial charge in [0.15, 0.2) is 0 Å². The van der Waals surface area contributed by atoms with Gasteiger partial charge in [-0.15, -0.1) is 0 Å². The molecule has 1 fully saturated rings. The summed E-state index contributed by atoms with van der Waals surface area (Å²) < 4.78 is 0. The lowest BCUT2D eigenvalue weighted by molar-refractivity contribution is 0.126. The van der Waals surface area contributed by atoms with Gasteiger partial charge in [0.2, 0.25) is 0 Å². The molecule has 0 N–H and O–H groups in total. The van der Waals surface area contributed by atoms with Crippen LogP contribution < -0.4 is 0 Å². The smallest absolute Gasteiger partial charge is 0.00626 e. The molecule has 1 aromatic rings. The predicted octanol–water partition coefficient (Wildman–Crippen LogP) is 6.57. The second kappa shape index (κ2) is 5.48. The Morgan fingerprint density at radius 3 is 2.83 bits per heavy atom. The maximum absolute atomic E-state index is 2.57. The van der Waals surface area contributed by atoms with Gasteiger partial charge >= 0.3 is 0 Å². The molecule has 0 radical (unpaired) electrons. The summed E-state index contributed by atoms with van der Waals surface area (Å²) in [5.41, 5.74) is 7.36. The molecule has 124 valence electrons. The highest BCUT2D eigenvalue weighted by Crippen LogP contribution is 2.61. The molecule has 0 spiro atoms. The van der Waals surface area contributed by atoms with Crippen molar-refractivity contribution in [1.29, 1.82) is 0 Å². The second-order valence-corrected chi connectivity index (χ2v) is 8.68. The third-order valence-corrected chi connectivity index (χ3v) is 7.30. The number of hydrogen-bond acceptors (Lipinski definition) is 0. The van der Waals surface area contributed by atoms with E-state index in [9.17, 15) is 0 Å². The Hall–Kier alpha value is -1.56. The molecule has 0 aromatic heterocycles. The fourth-order valence-electron chi connectivity index (χ4n) is 6.20. The SMILES string of the molecule is C[C@@]12CC=C[C@H]1[C@@H]1CCC3=CCCCC3=C1[C@H](c1ccccc1)C2. The standard InChI is InChI=1S/C24H28/c1-24-15-7-12-22(24)20-14-13-18-10-5-6-11-19(18)23(20)21(16-24)17-8-3-2-4-9-17/h2-4,7-10,12,20-22H,5-6,11,13-16H2,1H3/t20-,21-,22-,24-/m0/s1. The topological polar surface area (TPSA) is 0 Å². The summed E-state index contributed by atoms with van der Waals surface area (Å²) in [5.74, 6) is 2.22. The van der Waals surface area contributed by atoms with Crippen LogP contribution in [0, 0.1) is 17.3 Å². The number of allylic oxidation sites excluding steroid dienone is 6. The van der Waals surface area contributed by atoms with Crippen LogP contribution in [0.4, 0.5) is 0 Å². The summed E-state index contributed by atoms with van der Waals surface area (Å²) in [6, 6.07) is 11.4. The van der Waals surface area contributed by atoms with Crippen LogP contribution in [0.5, 0.6) is 0 Å². The van der Waals surface area contributed by atoms with Crippen LogP contribution in [0.1, 0.15) is 63.4 Å². The van der Waals surface area contributed by atoms with E-state index in [1.807, 2.05) is 5.57 Å². The van der Waals surface area contributed by atoms with E-state index in [1.54, 1.807) is 16.7 Å². The first-order valence-electron chi connectivity index (χ1n) is 9.90. The van der Waals surface area contributed by atoms with Crippen molar-refractivity contribution >= 4 is 0 Å². The molecule has 0 nitrogen and oxygen atoms in total. The van der Waals surface area contributed by atoms with E-state index in [-0.39, 0.29) is 0 Å². The molecule has 1 saturated carbocycles. The van der Waals surface area contributed by atoms with E-state index < -0.39 is 0 Å². The molecule has 0 heterocycles.